The molecule has 0 aromatic carbocycles. The predicted octanol–water partition coefficient (Wildman–Crippen LogP) is -0.143. The lowest BCUT2D eigenvalue weighted by atomic mass is 10.2. The molecule has 0 spiro atoms. The number of carboxylic acid groups (broad SMARTS) is 1. The molecule has 0 bridgehead atoms. The van der Waals surface area contributed by atoms with Crippen molar-refractivity contribution in [1.82, 2.24) is 0 Å². The first kappa shape index (κ1) is 9.39. The summed E-state index contributed by atoms with van der Waals surface area (Å²) in [4.78, 5) is 10.0. The van der Waals surface area contributed by atoms with Crippen molar-refractivity contribution >= 4 is 5.97 Å². The average Bonchev–Trinajstić information content (AvgIpc) is 1.87. The smallest absolute Gasteiger partial charge is 0.332 e. The number of hydrogen-bond acceptors (Lipinski definition) is 3. The van der Waals surface area contributed by atoms with Crippen molar-refractivity contribution in [3.63, 3.8) is 0 Å². The number of rotatable bonds is 4. The number of aliphatic hydroxyl groups is 1. The van der Waals surface area contributed by atoms with Gasteiger partial charge in [0.15, 0.2) is 6.10 Å². The molecular weight excluding hydrogens is 136 g/mol. The Labute approximate surface area is 59.4 Å². The molecule has 0 radical (unpaired) electrons. The molecular formula is C6H12O4. The van der Waals surface area contributed by atoms with Crippen LogP contribution in [0, 0.1) is 0 Å². The van der Waals surface area contributed by atoms with Crippen LogP contribution in [0.1, 0.15) is 13.3 Å². The summed E-state index contributed by atoms with van der Waals surface area (Å²) in [6.07, 6.45) is -1.40. The molecule has 0 saturated heterocycles. The zero-order valence-corrected chi connectivity index (χ0v) is 6.07. The Morgan fingerprint density at radius 3 is 2.50 bits per heavy atom. The van der Waals surface area contributed by atoms with E-state index in [1.165, 1.54) is 7.11 Å². The van der Waals surface area contributed by atoms with E-state index in [2.05, 4.69) is 0 Å². The van der Waals surface area contributed by atoms with Gasteiger partial charge in [0.05, 0.1) is 6.10 Å². The Morgan fingerprint density at radius 1 is 1.70 bits per heavy atom. The van der Waals surface area contributed by atoms with E-state index >= 15 is 0 Å². The van der Waals surface area contributed by atoms with Gasteiger partial charge in [-0.1, -0.05) is 0 Å². The molecule has 0 saturated carbocycles. The van der Waals surface area contributed by atoms with E-state index in [0.717, 1.165) is 0 Å². The highest BCUT2D eigenvalue weighted by Crippen LogP contribution is 2.00. The van der Waals surface area contributed by atoms with Gasteiger partial charge in [0.1, 0.15) is 0 Å². The normalized spacial score (nSPS) is 16.3. The van der Waals surface area contributed by atoms with Crippen LogP contribution in [0.15, 0.2) is 0 Å². The second-order valence-corrected chi connectivity index (χ2v) is 2.14. The molecule has 0 aliphatic rings. The number of aliphatic carboxylic acids is 1. The summed E-state index contributed by atoms with van der Waals surface area (Å²) >= 11 is 0. The largest absolute Gasteiger partial charge is 0.479 e. The molecule has 2 N–H and O–H groups in total. The summed E-state index contributed by atoms with van der Waals surface area (Å²) in [5.41, 5.74) is 0. The average molecular weight is 148 g/mol. The highest BCUT2D eigenvalue weighted by Gasteiger charge is 2.15. The highest BCUT2D eigenvalue weighted by atomic mass is 16.5. The molecule has 0 fully saturated rings. The zero-order valence-electron chi connectivity index (χ0n) is 6.07. The van der Waals surface area contributed by atoms with Gasteiger partial charge in [0.2, 0.25) is 0 Å². The molecule has 4 nitrogen and oxygen atoms in total. The minimum absolute atomic E-state index is 0.131. The van der Waals surface area contributed by atoms with E-state index < -0.39 is 12.1 Å². The number of methoxy groups -OCH3 is 1. The molecule has 0 heterocycles. The van der Waals surface area contributed by atoms with Crippen LogP contribution < -0.4 is 0 Å². The maximum absolute atomic E-state index is 10.0. The minimum atomic E-state index is -1.31. The lowest BCUT2D eigenvalue weighted by Gasteiger charge is -2.10. The maximum Gasteiger partial charge on any atom is 0.332 e. The standard InChI is InChI=1S/C6H12O4/c1-4(10-2)3-5(7)6(8)9/h4-5,7H,3H2,1-2H3,(H,8,9). The molecule has 2 unspecified atom stereocenters. The van der Waals surface area contributed by atoms with Crippen molar-refractivity contribution in [2.45, 2.75) is 25.6 Å². The SMILES string of the molecule is COC(C)CC(O)C(=O)O. The van der Waals surface area contributed by atoms with Crippen LogP contribution in [0.3, 0.4) is 0 Å². The van der Waals surface area contributed by atoms with Gasteiger partial charge in [-0.15, -0.1) is 0 Å². The van der Waals surface area contributed by atoms with Gasteiger partial charge in [0, 0.05) is 13.5 Å². The number of aliphatic hydroxyl groups excluding tert-OH is 1. The van der Waals surface area contributed by atoms with Crippen molar-refractivity contribution in [3.8, 4) is 0 Å². The van der Waals surface area contributed by atoms with Gasteiger partial charge in [-0.25, -0.2) is 4.79 Å². The maximum atomic E-state index is 10.0. The fraction of sp³-hybridized carbons (Fsp3) is 0.833. The third-order valence-electron chi connectivity index (χ3n) is 1.24. The van der Waals surface area contributed by atoms with E-state index in [0.29, 0.717) is 0 Å². The Bertz CT molecular complexity index is 112. The predicted molar refractivity (Wildman–Crippen MR) is 34.7 cm³/mol. The van der Waals surface area contributed by atoms with Crippen molar-refractivity contribution in [2.24, 2.45) is 0 Å². The zero-order chi connectivity index (χ0) is 8.15. The Morgan fingerprint density at radius 2 is 2.20 bits per heavy atom. The summed E-state index contributed by atoms with van der Waals surface area (Å²) in [5, 5.41) is 17.0. The van der Waals surface area contributed by atoms with Crippen LogP contribution in [-0.4, -0.2) is 35.5 Å². The Kier molecular flexibility index (Phi) is 3.99. The monoisotopic (exact) mass is 148 g/mol. The van der Waals surface area contributed by atoms with Gasteiger partial charge >= 0.3 is 5.97 Å². The van der Waals surface area contributed by atoms with Crippen molar-refractivity contribution in [2.75, 3.05) is 7.11 Å². The molecule has 0 aliphatic carbocycles. The summed E-state index contributed by atoms with van der Waals surface area (Å²) in [7, 11) is 1.47. The second kappa shape index (κ2) is 4.24. The molecule has 4 heteroatoms. The summed E-state index contributed by atoms with van der Waals surface area (Å²) < 4.78 is 4.75. The third-order valence-corrected chi connectivity index (χ3v) is 1.24. The van der Waals surface area contributed by atoms with Crippen molar-refractivity contribution in [1.29, 1.82) is 0 Å². The van der Waals surface area contributed by atoms with Crippen molar-refractivity contribution in [3.05, 3.63) is 0 Å². The van der Waals surface area contributed by atoms with E-state index in [9.17, 15) is 4.79 Å². The molecule has 10 heavy (non-hydrogen) atoms. The van der Waals surface area contributed by atoms with Crippen LogP contribution in [0.2, 0.25) is 0 Å². The third kappa shape index (κ3) is 3.42. The number of carbonyl (C=O) groups is 1. The summed E-state index contributed by atoms with van der Waals surface area (Å²) in [6, 6.07) is 0. The summed E-state index contributed by atoms with van der Waals surface area (Å²) in [5.74, 6) is -1.20. The molecule has 0 rings (SSSR count). The first-order chi connectivity index (χ1) is 4.57. The number of ether oxygens (including phenoxy) is 1. The van der Waals surface area contributed by atoms with E-state index in [4.69, 9.17) is 14.9 Å². The lowest BCUT2D eigenvalue weighted by Crippen LogP contribution is -2.24. The molecule has 60 valence electrons. The van der Waals surface area contributed by atoms with Gasteiger partial charge < -0.3 is 14.9 Å². The van der Waals surface area contributed by atoms with E-state index in [1.54, 1.807) is 6.92 Å². The topological polar surface area (TPSA) is 66.8 Å². The van der Waals surface area contributed by atoms with Crippen LogP contribution in [-0.2, 0) is 9.53 Å². The number of hydrogen-bond donors (Lipinski definition) is 2. The fourth-order valence-electron chi connectivity index (χ4n) is 0.511. The molecule has 0 aromatic heterocycles. The number of carboxylic acids is 1. The van der Waals surface area contributed by atoms with Crippen molar-refractivity contribution < 1.29 is 19.7 Å². The molecule has 0 aliphatic heterocycles. The minimum Gasteiger partial charge on any atom is -0.479 e. The lowest BCUT2D eigenvalue weighted by molar-refractivity contribution is -0.148. The molecule has 0 amide bonds. The van der Waals surface area contributed by atoms with Crippen LogP contribution in [0.25, 0.3) is 0 Å². The van der Waals surface area contributed by atoms with Gasteiger partial charge in [-0.05, 0) is 6.92 Å². The Hall–Kier alpha value is -0.610. The molecule has 0 aromatic rings. The van der Waals surface area contributed by atoms with Gasteiger partial charge in [-0.2, -0.15) is 0 Å². The first-order valence-electron chi connectivity index (χ1n) is 3.01. The fourth-order valence-corrected chi connectivity index (χ4v) is 0.511. The second-order valence-electron chi connectivity index (χ2n) is 2.14. The quantitative estimate of drug-likeness (QED) is 0.582. The van der Waals surface area contributed by atoms with Crippen LogP contribution in [0.5, 0.6) is 0 Å². The summed E-state index contributed by atoms with van der Waals surface area (Å²) in [6.45, 7) is 1.70. The first-order valence-corrected chi connectivity index (χ1v) is 3.01. The highest BCUT2D eigenvalue weighted by molar-refractivity contribution is 5.71. The van der Waals surface area contributed by atoms with Gasteiger partial charge in [0.25, 0.3) is 0 Å². The Balaban J connectivity index is 3.56. The van der Waals surface area contributed by atoms with Gasteiger partial charge in [-0.3, -0.25) is 0 Å². The van der Waals surface area contributed by atoms with E-state index in [1.807, 2.05) is 0 Å². The molecule has 2 atom stereocenters. The van der Waals surface area contributed by atoms with E-state index in [-0.39, 0.29) is 12.5 Å². The van der Waals surface area contributed by atoms with Crippen LogP contribution >= 0.6 is 0 Å². The van der Waals surface area contributed by atoms with Crippen LogP contribution in [0.4, 0.5) is 0 Å².